The molecule has 2 aliphatic rings. The molecule has 2 fully saturated rings. The molecule has 116 valence electrons. The molecule has 0 spiro atoms. The molecule has 21 heavy (non-hydrogen) atoms. The highest BCUT2D eigenvalue weighted by Gasteiger charge is 2.28. The Morgan fingerprint density at radius 3 is 2.81 bits per heavy atom. The maximum Gasteiger partial charge on any atom is 0.242 e. The van der Waals surface area contributed by atoms with E-state index in [1.54, 1.807) is 6.20 Å². The summed E-state index contributed by atoms with van der Waals surface area (Å²) < 4.78 is 24.1. The smallest absolute Gasteiger partial charge is 0.242 e. The van der Waals surface area contributed by atoms with E-state index in [-0.39, 0.29) is 30.0 Å². The molecule has 1 aliphatic heterocycles. The maximum absolute atomic E-state index is 11.9. The van der Waals surface area contributed by atoms with Gasteiger partial charge in [0.15, 0.2) is 9.84 Å². The van der Waals surface area contributed by atoms with E-state index in [0.29, 0.717) is 19.0 Å². The number of amides is 1. The number of hydrogen-bond donors (Lipinski definition) is 2. The fourth-order valence-electron chi connectivity index (χ4n) is 2.36. The second kappa shape index (κ2) is 5.72. The molecular formula is C12H19N5O3S. The van der Waals surface area contributed by atoms with Crippen LogP contribution in [0, 0.1) is 0 Å². The largest absolute Gasteiger partial charge is 0.351 e. The van der Waals surface area contributed by atoms with Gasteiger partial charge in [-0.3, -0.25) is 4.79 Å². The summed E-state index contributed by atoms with van der Waals surface area (Å²) in [7, 11) is -2.98. The predicted octanol–water partition coefficient (Wildman–Crippen LogP) is -1.17. The van der Waals surface area contributed by atoms with Gasteiger partial charge in [-0.15, -0.1) is 5.10 Å². The Hall–Kier alpha value is -1.48. The van der Waals surface area contributed by atoms with Crippen molar-refractivity contribution in [1.82, 2.24) is 25.6 Å². The summed E-state index contributed by atoms with van der Waals surface area (Å²) in [5.41, 5.74) is 0.804. The Morgan fingerprint density at radius 1 is 1.33 bits per heavy atom. The van der Waals surface area contributed by atoms with Crippen LogP contribution < -0.4 is 10.6 Å². The van der Waals surface area contributed by atoms with Crippen LogP contribution in [0.15, 0.2) is 6.20 Å². The minimum absolute atomic E-state index is 0.0344. The van der Waals surface area contributed by atoms with E-state index >= 15 is 0 Å². The molecule has 1 amide bonds. The lowest BCUT2D eigenvalue weighted by molar-refractivity contribution is -0.122. The number of aromatic nitrogens is 3. The summed E-state index contributed by atoms with van der Waals surface area (Å²) in [4.78, 5) is 11.9. The van der Waals surface area contributed by atoms with Crippen LogP contribution in [0.2, 0.25) is 0 Å². The number of nitrogens with one attached hydrogen (secondary N) is 2. The molecule has 1 saturated heterocycles. The van der Waals surface area contributed by atoms with Gasteiger partial charge in [-0.1, -0.05) is 5.21 Å². The number of rotatable bonds is 6. The van der Waals surface area contributed by atoms with Crippen molar-refractivity contribution >= 4 is 15.7 Å². The second-order valence-electron chi connectivity index (χ2n) is 5.73. The molecule has 1 atom stereocenters. The van der Waals surface area contributed by atoms with E-state index in [1.165, 1.54) is 17.5 Å². The zero-order valence-electron chi connectivity index (χ0n) is 11.7. The Bertz CT molecular complexity index is 623. The highest BCUT2D eigenvalue weighted by molar-refractivity contribution is 7.91. The van der Waals surface area contributed by atoms with Crippen LogP contribution in [0.1, 0.15) is 25.0 Å². The Morgan fingerprint density at radius 2 is 2.14 bits per heavy atom. The normalized spacial score (nSPS) is 24.1. The van der Waals surface area contributed by atoms with E-state index in [4.69, 9.17) is 0 Å². The van der Waals surface area contributed by atoms with Gasteiger partial charge in [-0.2, -0.15) is 0 Å². The zero-order chi connectivity index (χ0) is 14.9. The van der Waals surface area contributed by atoms with E-state index in [1.807, 2.05) is 0 Å². The number of sulfone groups is 1. The topological polar surface area (TPSA) is 106 Å². The van der Waals surface area contributed by atoms with Crippen LogP contribution in [0.5, 0.6) is 0 Å². The van der Waals surface area contributed by atoms with Crippen molar-refractivity contribution in [3.63, 3.8) is 0 Å². The van der Waals surface area contributed by atoms with Crippen LogP contribution in [0.4, 0.5) is 0 Å². The van der Waals surface area contributed by atoms with Crippen molar-refractivity contribution < 1.29 is 13.2 Å². The van der Waals surface area contributed by atoms with Gasteiger partial charge in [0.05, 0.1) is 23.4 Å². The molecule has 8 nitrogen and oxygen atoms in total. The first kappa shape index (κ1) is 14.5. The zero-order valence-corrected chi connectivity index (χ0v) is 12.5. The van der Waals surface area contributed by atoms with Gasteiger partial charge >= 0.3 is 0 Å². The Kier molecular flexibility index (Phi) is 3.94. The van der Waals surface area contributed by atoms with Crippen LogP contribution in [-0.2, 0) is 27.7 Å². The van der Waals surface area contributed by atoms with E-state index in [0.717, 1.165) is 5.69 Å². The van der Waals surface area contributed by atoms with Gasteiger partial charge in [0.2, 0.25) is 5.91 Å². The first-order chi connectivity index (χ1) is 10.00. The fraction of sp³-hybridized carbons (Fsp3) is 0.750. The van der Waals surface area contributed by atoms with Gasteiger partial charge in [0.1, 0.15) is 6.54 Å². The van der Waals surface area contributed by atoms with E-state index < -0.39 is 9.84 Å². The van der Waals surface area contributed by atoms with Crippen LogP contribution in [-0.4, -0.2) is 52.9 Å². The molecule has 1 aromatic heterocycles. The van der Waals surface area contributed by atoms with Crippen molar-refractivity contribution in [2.45, 2.75) is 44.4 Å². The van der Waals surface area contributed by atoms with E-state index in [2.05, 4.69) is 20.9 Å². The quantitative estimate of drug-likeness (QED) is 0.686. The SMILES string of the molecule is O=C(Cn1cc(CNC2CC2)nn1)NC1CCS(=O)(=O)C1. The lowest BCUT2D eigenvalue weighted by Gasteiger charge is -2.10. The van der Waals surface area contributed by atoms with Gasteiger partial charge in [0, 0.05) is 18.6 Å². The van der Waals surface area contributed by atoms with Crippen molar-refractivity contribution in [2.24, 2.45) is 0 Å². The molecule has 2 N–H and O–H groups in total. The van der Waals surface area contributed by atoms with Crippen molar-refractivity contribution in [2.75, 3.05) is 11.5 Å². The summed E-state index contributed by atoms with van der Waals surface area (Å²) in [5, 5.41) is 14.0. The molecule has 1 saturated carbocycles. The second-order valence-corrected chi connectivity index (χ2v) is 7.96. The van der Waals surface area contributed by atoms with Gasteiger partial charge in [-0.25, -0.2) is 13.1 Å². The lowest BCUT2D eigenvalue weighted by Crippen LogP contribution is -2.37. The number of nitrogens with zero attached hydrogens (tertiary/aromatic N) is 3. The molecular weight excluding hydrogens is 294 g/mol. The van der Waals surface area contributed by atoms with Gasteiger partial charge in [-0.05, 0) is 19.3 Å². The van der Waals surface area contributed by atoms with Crippen LogP contribution in [0.25, 0.3) is 0 Å². The average molecular weight is 313 g/mol. The third-order valence-corrected chi connectivity index (χ3v) is 5.41. The first-order valence-electron chi connectivity index (χ1n) is 7.12. The summed E-state index contributed by atoms with van der Waals surface area (Å²) in [6, 6.07) is 0.324. The molecule has 2 heterocycles. The van der Waals surface area contributed by atoms with Crippen molar-refractivity contribution in [1.29, 1.82) is 0 Å². The summed E-state index contributed by atoms with van der Waals surface area (Å²) in [5.74, 6) is -0.0473. The Balaban J connectivity index is 1.45. The van der Waals surface area contributed by atoms with Crippen molar-refractivity contribution in [3.05, 3.63) is 11.9 Å². The monoisotopic (exact) mass is 313 g/mol. The third kappa shape index (κ3) is 4.24. The standard InChI is InChI=1S/C12H19N5O3S/c18-12(14-10-3-4-21(19,20)8-10)7-17-6-11(15-16-17)5-13-9-1-2-9/h6,9-10,13H,1-5,7-8H2,(H,14,18). The minimum Gasteiger partial charge on any atom is -0.351 e. The third-order valence-electron chi connectivity index (χ3n) is 3.64. The predicted molar refractivity (Wildman–Crippen MR) is 75.1 cm³/mol. The van der Waals surface area contributed by atoms with Crippen molar-refractivity contribution in [3.8, 4) is 0 Å². The molecule has 1 aromatic rings. The molecule has 9 heteroatoms. The van der Waals surface area contributed by atoms with Crippen LogP contribution in [0.3, 0.4) is 0 Å². The molecule has 1 unspecified atom stereocenters. The molecule has 3 rings (SSSR count). The number of hydrogen-bond acceptors (Lipinski definition) is 6. The number of carbonyl (C=O) groups is 1. The van der Waals surface area contributed by atoms with E-state index in [9.17, 15) is 13.2 Å². The molecule has 0 radical (unpaired) electrons. The highest BCUT2D eigenvalue weighted by Crippen LogP contribution is 2.18. The van der Waals surface area contributed by atoms with Crippen LogP contribution >= 0.6 is 0 Å². The summed E-state index contributed by atoms with van der Waals surface area (Å²) in [6.45, 7) is 0.722. The first-order valence-corrected chi connectivity index (χ1v) is 8.94. The Labute approximate surface area is 123 Å². The maximum atomic E-state index is 11.9. The molecule has 0 aromatic carbocycles. The average Bonchev–Trinajstić information content (AvgIpc) is 3.04. The van der Waals surface area contributed by atoms with Gasteiger partial charge in [0.25, 0.3) is 0 Å². The fourth-order valence-corrected chi connectivity index (χ4v) is 4.04. The lowest BCUT2D eigenvalue weighted by atomic mass is 10.2. The molecule has 0 bridgehead atoms. The minimum atomic E-state index is -2.98. The van der Waals surface area contributed by atoms with Gasteiger partial charge < -0.3 is 10.6 Å². The summed E-state index contributed by atoms with van der Waals surface area (Å²) in [6.07, 6.45) is 4.64. The summed E-state index contributed by atoms with van der Waals surface area (Å²) >= 11 is 0. The highest BCUT2D eigenvalue weighted by atomic mass is 32.2. The molecule has 1 aliphatic carbocycles. The number of carbonyl (C=O) groups excluding carboxylic acids is 1.